The highest BCUT2D eigenvalue weighted by Crippen LogP contribution is 2.31. The monoisotopic (exact) mass is 491 g/mol. The number of amides is 1. The van der Waals surface area contributed by atoms with E-state index in [1.165, 1.54) is 22.8 Å². The highest BCUT2D eigenvalue weighted by molar-refractivity contribution is 8.26. The van der Waals surface area contributed by atoms with Gasteiger partial charge in [-0.25, -0.2) is 4.39 Å². The molecule has 1 N–H and O–H groups in total. The SMILES string of the molecule is Cc1cc(/C=C2/C(=N)N3N=C(Cc4ccccc4)SC3=NC2=O)c(C)n1-c1ccc(F)c(Cl)c1. The summed E-state index contributed by atoms with van der Waals surface area (Å²) in [6, 6.07) is 16.3. The van der Waals surface area contributed by atoms with E-state index in [9.17, 15) is 9.18 Å². The molecule has 9 heteroatoms. The number of hydrazone groups is 1. The molecule has 0 saturated carbocycles. The smallest absolute Gasteiger partial charge is 0.283 e. The number of aryl methyl sites for hydroxylation is 1. The molecule has 0 fully saturated rings. The first-order valence-electron chi connectivity index (χ1n) is 10.5. The number of amidine groups is 2. The van der Waals surface area contributed by atoms with Crippen LogP contribution in [-0.4, -0.2) is 31.5 Å². The van der Waals surface area contributed by atoms with Gasteiger partial charge in [0.05, 0.1) is 10.6 Å². The Labute approximate surface area is 205 Å². The molecule has 1 aromatic heterocycles. The van der Waals surface area contributed by atoms with Crippen molar-refractivity contribution in [3.8, 4) is 5.69 Å². The van der Waals surface area contributed by atoms with Crippen molar-refractivity contribution in [3.05, 3.63) is 93.5 Å². The predicted octanol–water partition coefficient (Wildman–Crippen LogP) is 5.75. The zero-order chi connectivity index (χ0) is 24.0. The second-order valence-electron chi connectivity index (χ2n) is 7.94. The van der Waals surface area contributed by atoms with Crippen molar-refractivity contribution in [1.29, 1.82) is 5.41 Å². The summed E-state index contributed by atoms with van der Waals surface area (Å²) in [5, 5.41) is 15.8. The molecule has 5 rings (SSSR count). The lowest BCUT2D eigenvalue weighted by Gasteiger charge is -2.20. The molecule has 0 radical (unpaired) electrons. The number of thioether (sulfide) groups is 1. The molecule has 0 atom stereocenters. The van der Waals surface area contributed by atoms with E-state index in [0.717, 1.165) is 27.6 Å². The van der Waals surface area contributed by atoms with Crippen LogP contribution in [0.3, 0.4) is 0 Å². The highest BCUT2D eigenvalue weighted by atomic mass is 35.5. The van der Waals surface area contributed by atoms with Crippen molar-refractivity contribution in [3.63, 3.8) is 0 Å². The number of benzene rings is 2. The number of carbonyl (C=O) groups is 1. The molecular weight excluding hydrogens is 473 g/mol. The number of aliphatic imine (C=N–C) groups is 1. The van der Waals surface area contributed by atoms with E-state index < -0.39 is 11.7 Å². The Morgan fingerprint density at radius 1 is 1.15 bits per heavy atom. The summed E-state index contributed by atoms with van der Waals surface area (Å²) in [6.45, 7) is 3.80. The van der Waals surface area contributed by atoms with E-state index >= 15 is 0 Å². The number of rotatable bonds is 4. The van der Waals surface area contributed by atoms with Crippen LogP contribution in [0.25, 0.3) is 11.8 Å². The molecule has 0 bridgehead atoms. The van der Waals surface area contributed by atoms with Crippen molar-refractivity contribution in [2.24, 2.45) is 10.1 Å². The van der Waals surface area contributed by atoms with Gasteiger partial charge in [-0.05, 0) is 67.1 Å². The van der Waals surface area contributed by atoms with Gasteiger partial charge in [-0.15, -0.1) is 0 Å². The van der Waals surface area contributed by atoms with E-state index in [2.05, 4.69) is 10.1 Å². The molecule has 2 aliphatic rings. The molecule has 2 aromatic carbocycles. The Morgan fingerprint density at radius 2 is 1.91 bits per heavy atom. The minimum atomic E-state index is -0.485. The topological polar surface area (TPSA) is 73.8 Å². The number of aromatic nitrogens is 1. The van der Waals surface area contributed by atoms with Gasteiger partial charge >= 0.3 is 0 Å². The molecule has 1 amide bonds. The lowest BCUT2D eigenvalue weighted by Crippen LogP contribution is -2.35. The fourth-order valence-electron chi connectivity index (χ4n) is 3.98. The predicted molar refractivity (Wildman–Crippen MR) is 135 cm³/mol. The molecule has 0 spiro atoms. The Balaban J connectivity index is 1.47. The van der Waals surface area contributed by atoms with Crippen LogP contribution in [-0.2, 0) is 11.2 Å². The molecule has 0 unspecified atom stereocenters. The van der Waals surface area contributed by atoms with Gasteiger partial charge in [-0.2, -0.15) is 15.1 Å². The first-order chi connectivity index (χ1) is 16.3. The van der Waals surface area contributed by atoms with E-state index in [-0.39, 0.29) is 16.4 Å². The molecule has 3 aromatic rings. The number of nitrogens with zero attached hydrogens (tertiary/aromatic N) is 4. The standard InChI is InChI=1S/C25H19ClFN5OS/c1-14-10-17(15(2)31(14)18-8-9-21(27)20(26)13-18)12-19-23(28)32-25(29-24(19)33)34-22(30-32)11-16-6-4-3-5-7-16/h3-10,12-13,28H,11H2,1-2H3/b19-12-,28-23?. The Morgan fingerprint density at radius 3 is 2.65 bits per heavy atom. The van der Waals surface area contributed by atoms with Crippen LogP contribution >= 0.6 is 23.4 Å². The summed E-state index contributed by atoms with van der Waals surface area (Å²) in [7, 11) is 0. The van der Waals surface area contributed by atoms with E-state index in [1.807, 2.05) is 54.8 Å². The van der Waals surface area contributed by atoms with Crippen LogP contribution in [0.15, 0.2) is 70.3 Å². The van der Waals surface area contributed by atoms with E-state index in [1.54, 1.807) is 18.2 Å². The molecule has 6 nitrogen and oxygen atoms in total. The largest absolute Gasteiger partial charge is 0.318 e. The second kappa shape index (κ2) is 8.70. The summed E-state index contributed by atoms with van der Waals surface area (Å²) in [5.41, 5.74) is 4.42. The van der Waals surface area contributed by atoms with Gasteiger partial charge in [0.1, 0.15) is 10.9 Å². The second-order valence-corrected chi connectivity index (χ2v) is 9.38. The molecule has 0 saturated heterocycles. The fourth-order valence-corrected chi connectivity index (χ4v) is 5.08. The van der Waals surface area contributed by atoms with E-state index in [0.29, 0.717) is 17.3 Å². The van der Waals surface area contributed by atoms with E-state index in [4.69, 9.17) is 17.0 Å². The third-order valence-corrected chi connectivity index (χ3v) is 6.82. The Bertz CT molecular complexity index is 1440. The maximum absolute atomic E-state index is 13.6. The summed E-state index contributed by atoms with van der Waals surface area (Å²) in [6.07, 6.45) is 2.26. The number of fused-ring (bicyclic) bond motifs is 1. The van der Waals surface area contributed by atoms with Crippen LogP contribution in [0.1, 0.15) is 22.5 Å². The van der Waals surface area contributed by atoms with Gasteiger partial charge in [0.2, 0.25) is 5.17 Å². The zero-order valence-electron chi connectivity index (χ0n) is 18.3. The van der Waals surface area contributed by atoms with Crippen LogP contribution < -0.4 is 0 Å². The van der Waals surface area contributed by atoms with Gasteiger partial charge in [0.15, 0.2) is 5.84 Å². The molecule has 3 heterocycles. The Kier molecular flexibility index (Phi) is 5.71. The van der Waals surface area contributed by atoms with Gasteiger partial charge in [-0.3, -0.25) is 10.2 Å². The van der Waals surface area contributed by atoms with Gasteiger partial charge in [0.25, 0.3) is 5.91 Å². The fraction of sp³-hybridized carbons (Fsp3) is 0.120. The maximum atomic E-state index is 13.6. The molecular formula is C25H19ClFN5OS. The van der Waals surface area contributed by atoms with Crippen molar-refractivity contribution in [2.45, 2.75) is 20.3 Å². The van der Waals surface area contributed by atoms with Crippen molar-refractivity contribution in [1.82, 2.24) is 9.58 Å². The molecule has 170 valence electrons. The third-order valence-electron chi connectivity index (χ3n) is 5.63. The normalized spacial score (nSPS) is 16.7. The average molecular weight is 492 g/mol. The molecule has 0 aliphatic carbocycles. The lowest BCUT2D eigenvalue weighted by molar-refractivity contribution is -0.114. The summed E-state index contributed by atoms with van der Waals surface area (Å²) >= 11 is 7.28. The van der Waals surface area contributed by atoms with Crippen LogP contribution in [0.5, 0.6) is 0 Å². The molecule has 2 aliphatic heterocycles. The Hall–Kier alpha value is -3.49. The quantitative estimate of drug-likeness (QED) is 0.472. The number of hydrogen-bond acceptors (Lipinski definition) is 4. The zero-order valence-corrected chi connectivity index (χ0v) is 19.9. The minimum absolute atomic E-state index is 0.0137. The number of carbonyl (C=O) groups excluding carboxylic acids is 1. The third kappa shape index (κ3) is 3.99. The summed E-state index contributed by atoms with van der Waals surface area (Å²) in [4.78, 5) is 17.0. The lowest BCUT2D eigenvalue weighted by atomic mass is 10.1. The molecule has 34 heavy (non-hydrogen) atoms. The highest BCUT2D eigenvalue weighted by Gasteiger charge is 2.35. The van der Waals surface area contributed by atoms with Crippen LogP contribution in [0.2, 0.25) is 5.02 Å². The number of hydrogen-bond donors (Lipinski definition) is 1. The van der Waals surface area contributed by atoms with Crippen molar-refractivity contribution in [2.75, 3.05) is 0 Å². The van der Waals surface area contributed by atoms with Gasteiger partial charge < -0.3 is 4.57 Å². The van der Waals surface area contributed by atoms with Crippen LogP contribution in [0.4, 0.5) is 4.39 Å². The number of halogens is 2. The maximum Gasteiger partial charge on any atom is 0.283 e. The number of nitrogens with one attached hydrogen (secondary N) is 1. The summed E-state index contributed by atoms with van der Waals surface area (Å²) < 4.78 is 15.6. The summed E-state index contributed by atoms with van der Waals surface area (Å²) in [5.74, 6) is -0.976. The average Bonchev–Trinajstić information content (AvgIpc) is 3.33. The van der Waals surface area contributed by atoms with Crippen molar-refractivity contribution < 1.29 is 9.18 Å². The van der Waals surface area contributed by atoms with Gasteiger partial charge in [-0.1, -0.05) is 41.9 Å². The first kappa shape index (κ1) is 22.3. The first-order valence-corrected chi connectivity index (χ1v) is 11.7. The van der Waals surface area contributed by atoms with Crippen molar-refractivity contribution >= 4 is 51.4 Å². The minimum Gasteiger partial charge on any atom is -0.318 e. The van der Waals surface area contributed by atoms with Crippen LogP contribution in [0, 0.1) is 25.1 Å². The van der Waals surface area contributed by atoms with Gasteiger partial charge in [0, 0.05) is 23.5 Å².